The summed E-state index contributed by atoms with van der Waals surface area (Å²) in [5.41, 5.74) is 1.65. The highest BCUT2D eigenvalue weighted by molar-refractivity contribution is 5.48. The molecule has 176 valence electrons. The molecule has 0 unspecified atom stereocenters. The van der Waals surface area contributed by atoms with Crippen LogP contribution in [0.15, 0.2) is 51.9 Å². The Kier molecular flexibility index (Phi) is 6.76. The summed E-state index contributed by atoms with van der Waals surface area (Å²) in [6.45, 7) is 5.39. The lowest BCUT2D eigenvalue weighted by Gasteiger charge is -2.38. The number of rotatable bonds is 7. The molecule has 0 bridgehead atoms. The summed E-state index contributed by atoms with van der Waals surface area (Å²) < 4.78 is 18.1. The second-order valence-electron chi connectivity index (χ2n) is 8.41. The summed E-state index contributed by atoms with van der Waals surface area (Å²) in [4.78, 5) is 18.3. The summed E-state index contributed by atoms with van der Waals surface area (Å²) in [5.74, 6) is 1.87. The minimum atomic E-state index is -0.436. The first-order chi connectivity index (χ1) is 15.9. The maximum Gasteiger partial charge on any atom is 0.260 e. The molecule has 1 N–H and O–H groups in total. The standard InChI is InChI=1S/C25H31N3O5/c1-17-14-20(29)23(25(30)28(17)16-19-6-5-13-33-19)24(27-11-9-26(2)10-12-27)18-7-8-21(31-3)22(15-18)32-4/h5-8,13-15,24,29H,9-12,16H2,1-4H3/t24-/m0/s1. The highest BCUT2D eigenvalue weighted by Crippen LogP contribution is 2.37. The van der Waals surface area contributed by atoms with Gasteiger partial charge >= 0.3 is 0 Å². The zero-order valence-corrected chi connectivity index (χ0v) is 19.6. The van der Waals surface area contributed by atoms with Crippen molar-refractivity contribution in [1.29, 1.82) is 0 Å². The molecule has 3 heterocycles. The number of hydrogen-bond acceptors (Lipinski definition) is 7. The maximum absolute atomic E-state index is 13.8. The average Bonchev–Trinajstić information content (AvgIpc) is 3.33. The van der Waals surface area contributed by atoms with E-state index in [1.54, 1.807) is 37.2 Å². The fourth-order valence-electron chi connectivity index (χ4n) is 4.44. The van der Waals surface area contributed by atoms with Crippen molar-refractivity contribution in [2.45, 2.75) is 19.5 Å². The van der Waals surface area contributed by atoms with E-state index in [4.69, 9.17) is 13.9 Å². The molecule has 3 aromatic rings. The molecular weight excluding hydrogens is 422 g/mol. The fraction of sp³-hybridized carbons (Fsp3) is 0.400. The van der Waals surface area contributed by atoms with Crippen molar-refractivity contribution < 1.29 is 19.0 Å². The summed E-state index contributed by atoms with van der Waals surface area (Å²) in [6.07, 6.45) is 1.59. The number of pyridine rings is 1. The molecule has 0 amide bonds. The van der Waals surface area contributed by atoms with E-state index in [2.05, 4.69) is 16.8 Å². The van der Waals surface area contributed by atoms with Crippen molar-refractivity contribution in [1.82, 2.24) is 14.4 Å². The van der Waals surface area contributed by atoms with Crippen LogP contribution in [0.2, 0.25) is 0 Å². The quantitative estimate of drug-likeness (QED) is 0.589. The first kappa shape index (κ1) is 22.9. The average molecular weight is 454 g/mol. The predicted molar refractivity (Wildman–Crippen MR) is 125 cm³/mol. The van der Waals surface area contributed by atoms with E-state index in [0.717, 1.165) is 31.7 Å². The Balaban J connectivity index is 1.86. The third kappa shape index (κ3) is 4.62. The minimum absolute atomic E-state index is 0.00749. The highest BCUT2D eigenvalue weighted by Gasteiger charge is 2.31. The van der Waals surface area contributed by atoms with Crippen LogP contribution in [0, 0.1) is 6.92 Å². The summed E-state index contributed by atoms with van der Waals surface area (Å²) in [5, 5.41) is 11.0. The molecule has 0 aliphatic carbocycles. The van der Waals surface area contributed by atoms with Gasteiger partial charge in [-0.25, -0.2) is 0 Å². The van der Waals surface area contributed by atoms with Gasteiger partial charge in [0.1, 0.15) is 11.5 Å². The molecule has 1 aromatic carbocycles. The van der Waals surface area contributed by atoms with Crippen molar-refractivity contribution in [3.8, 4) is 17.2 Å². The molecule has 8 nitrogen and oxygen atoms in total. The monoisotopic (exact) mass is 453 g/mol. The molecule has 1 aliphatic heterocycles. The summed E-state index contributed by atoms with van der Waals surface area (Å²) >= 11 is 0. The number of likely N-dealkylation sites (N-methyl/N-ethyl adjacent to an activating group) is 1. The van der Waals surface area contributed by atoms with E-state index in [1.807, 2.05) is 31.2 Å². The number of methoxy groups -OCH3 is 2. The van der Waals surface area contributed by atoms with Gasteiger partial charge in [-0.1, -0.05) is 6.07 Å². The van der Waals surface area contributed by atoms with Crippen LogP contribution in [-0.2, 0) is 6.54 Å². The molecule has 1 fully saturated rings. The van der Waals surface area contributed by atoms with Crippen molar-refractivity contribution >= 4 is 0 Å². The topological polar surface area (TPSA) is 80.3 Å². The molecule has 0 spiro atoms. The van der Waals surface area contributed by atoms with Crippen molar-refractivity contribution in [3.05, 3.63) is 75.6 Å². The van der Waals surface area contributed by atoms with Crippen LogP contribution in [0.3, 0.4) is 0 Å². The number of furan rings is 1. The van der Waals surface area contributed by atoms with E-state index in [1.165, 1.54) is 0 Å². The highest BCUT2D eigenvalue weighted by atomic mass is 16.5. The van der Waals surface area contributed by atoms with Gasteiger partial charge in [0.15, 0.2) is 11.5 Å². The van der Waals surface area contributed by atoms with Crippen LogP contribution >= 0.6 is 0 Å². The first-order valence-electron chi connectivity index (χ1n) is 11.0. The molecule has 1 aliphatic rings. The Morgan fingerprint density at radius 1 is 1.06 bits per heavy atom. The van der Waals surface area contributed by atoms with E-state index in [0.29, 0.717) is 35.1 Å². The zero-order chi connectivity index (χ0) is 23.5. The number of ether oxygens (including phenoxy) is 2. The van der Waals surface area contributed by atoms with Gasteiger partial charge in [-0.05, 0) is 49.9 Å². The SMILES string of the molecule is COc1ccc([C@@H](c2c(O)cc(C)n(Cc3ccco3)c2=O)N2CCN(C)CC2)cc1OC. The lowest BCUT2D eigenvalue weighted by molar-refractivity contribution is 0.125. The molecule has 4 rings (SSSR count). The van der Waals surface area contributed by atoms with Crippen LogP contribution in [0.1, 0.15) is 28.6 Å². The molecule has 1 saturated heterocycles. The lowest BCUT2D eigenvalue weighted by Crippen LogP contribution is -2.47. The van der Waals surface area contributed by atoms with Gasteiger partial charge in [0.2, 0.25) is 0 Å². The van der Waals surface area contributed by atoms with Gasteiger partial charge in [0.25, 0.3) is 5.56 Å². The Morgan fingerprint density at radius 3 is 2.42 bits per heavy atom. The first-order valence-corrected chi connectivity index (χ1v) is 11.0. The van der Waals surface area contributed by atoms with E-state index in [-0.39, 0.29) is 11.3 Å². The van der Waals surface area contributed by atoms with Gasteiger partial charge in [-0.3, -0.25) is 9.69 Å². The van der Waals surface area contributed by atoms with Crippen LogP contribution in [0.4, 0.5) is 0 Å². The molecule has 33 heavy (non-hydrogen) atoms. The second-order valence-corrected chi connectivity index (χ2v) is 8.41. The number of aromatic hydroxyl groups is 1. The van der Waals surface area contributed by atoms with E-state index in [9.17, 15) is 9.90 Å². The van der Waals surface area contributed by atoms with Crippen molar-refractivity contribution in [2.75, 3.05) is 47.4 Å². The number of benzene rings is 1. The largest absolute Gasteiger partial charge is 0.507 e. The smallest absolute Gasteiger partial charge is 0.260 e. The Hall–Kier alpha value is -3.23. The number of nitrogens with zero attached hydrogens (tertiary/aromatic N) is 3. The van der Waals surface area contributed by atoms with Gasteiger partial charge < -0.3 is 28.5 Å². The number of aryl methyl sites for hydroxylation is 1. The van der Waals surface area contributed by atoms with Crippen molar-refractivity contribution in [2.24, 2.45) is 0 Å². The van der Waals surface area contributed by atoms with Crippen LogP contribution in [0.5, 0.6) is 17.2 Å². The van der Waals surface area contributed by atoms with Gasteiger partial charge in [0.05, 0.1) is 38.6 Å². The third-order valence-corrected chi connectivity index (χ3v) is 6.32. The molecular formula is C25H31N3O5. The van der Waals surface area contributed by atoms with Crippen molar-refractivity contribution in [3.63, 3.8) is 0 Å². The Morgan fingerprint density at radius 2 is 1.79 bits per heavy atom. The Bertz CT molecular complexity index is 1150. The van der Waals surface area contributed by atoms with Crippen LogP contribution in [0.25, 0.3) is 0 Å². The Labute approximate surface area is 193 Å². The number of aromatic nitrogens is 1. The molecule has 8 heteroatoms. The van der Waals surface area contributed by atoms with Gasteiger partial charge in [-0.2, -0.15) is 0 Å². The summed E-state index contributed by atoms with van der Waals surface area (Å²) in [7, 11) is 5.27. The zero-order valence-electron chi connectivity index (χ0n) is 19.6. The molecule has 1 atom stereocenters. The van der Waals surface area contributed by atoms with E-state index < -0.39 is 6.04 Å². The van der Waals surface area contributed by atoms with Gasteiger partial charge in [0, 0.05) is 31.9 Å². The third-order valence-electron chi connectivity index (χ3n) is 6.32. The van der Waals surface area contributed by atoms with E-state index >= 15 is 0 Å². The van der Waals surface area contributed by atoms with Crippen LogP contribution in [-0.4, -0.2) is 66.9 Å². The summed E-state index contributed by atoms with van der Waals surface area (Å²) in [6, 6.07) is 10.5. The molecule has 0 saturated carbocycles. The normalized spacial score (nSPS) is 16.0. The molecule has 0 radical (unpaired) electrons. The fourth-order valence-corrected chi connectivity index (χ4v) is 4.44. The van der Waals surface area contributed by atoms with Gasteiger partial charge in [-0.15, -0.1) is 0 Å². The second kappa shape index (κ2) is 9.72. The number of piperazine rings is 1. The maximum atomic E-state index is 13.8. The number of hydrogen-bond donors (Lipinski definition) is 1. The minimum Gasteiger partial charge on any atom is -0.507 e. The lowest BCUT2D eigenvalue weighted by atomic mass is 9.95. The molecule has 2 aromatic heterocycles. The van der Waals surface area contributed by atoms with Crippen LogP contribution < -0.4 is 15.0 Å². The predicted octanol–water partition coefficient (Wildman–Crippen LogP) is 2.86.